The van der Waals surface area contributed by atoms with Gasteiger partial charge in [-0.25, -0.2) is 8.42 Å². The maximum Gasteiger partial charge on any atom is 0.254 e. The number of sulfonamides is 1. The summed E-state index contributed by atoms with van der Waals surface area (Å²) in [6.07, 6.45) is 2.69. The number of hydrogen-bond donors (Lipinski definition) is 0. The molecule has 0 N–H and O–H groups in total. The summed E-state index contributed by atoms with van der Waals surface area (Å²) in [4.78, 5) is 27.0. The fourth-order valence-corrected chi connectivity index (χ4v) is 5.16. The zero-order valence-corrected chi connectivity index (χ0v) is 15.8. The van der Waals surface area contributed by atoms with Crippen molar-refractivity contribution < 1.29 is 18.0 Å². The first-order valence-electron chi connectivity index (χ1n) is 9.00. The van der Waals surface area contributed by atoms with Crippen molar-refractivity contribution in [1.82, 2.24) is 14.1 Å². The van der Waals surface area contributed by atoms with E-state index in [2.05, 4.69) is 6.92 Å². The number of carbonyl (C=O) groups excluding carboxylic acids is 2. The van der Waals surface area contributed by atoms with E-state index in [9.17, 15) is 18.0 Å². The monoisotopic (exact) mass is 379 g/mol. The van der Waals surface area contributed by atoms with Crippen molar-refractivity contribution in [3.63, 3.8) is 0 Å². The van der Waals surface area contributed by atoms with Crippen LogP contribution in [-0.4, -0.2) is 74.1 Å². The van der Waals surface area contributed by atoms with Crippen LogP contribution in [0, 0.1) is 5.92 Å². The van der Waals surface area contributed by atoms with Gasteiger partial charge in [0, 0.05) is 44.8 Å². The van der Waals surface area contributed by atoms with Gasteiger partial charge >= 0.3 is 0 Å². The molecule has 3 rings (SSSR count). The summed E-state index contributed by atoms with van der Waals surface area (Å²) in [6.45, 7) is 5.02. The van der Waals surface area contributed by atoms with Crippen molar-refractivity contribution >= 4 is 22.3 Å². The zero-order chi connectivity index (χ0) is 18.7. The Morgan fingerprint density at radius 1 is 1.15 bits per heavy atom. The Hall–Kier alpha value is -1.93. The molecule has 2 aliphatic heterocycles. The van der Waals surface area contributed by atoms with Gasteiger partial charge in [-0.15, -0.1) is 0 Å². The summed E-state index contributed by atoms with van der Waals surface area (Å²) in [5.41, 5.74) is 0.371. The van der Waals surface area contributed by atoms with Crippen LogP contribution >= 0.6 is 0 Å². The van der Waals surface area contributed by atoms with Crippen LogP contribution in [0.3, 0.4) is 0 Å². The molecule has 2 amide bonds. The molecule has 0 spiro atoms. The predicted molar refractivity (Wildman–Crippen MR) is 97.1 cm³/mol. The second-order valence-corrected chi connectivity index (χ2v) is 9.01. The van der Waals surface area contributed by atoms with E-state index >= 15 is 0 Å². The maximum atomic E-state index is 12.9. The molecule has 2 aliphatic rings. The van der Waals surface area contributed by atoms with E-state index in [1.54, 1.807) is 28.0 Å². The van der Waals surface area contributed by atoms with Gasteiger partial charge in [0.2, 0.25) is 16.4 Å². The standard InChI is InChI=1S/C18H25N3O4S/c1-15-4-3-7-21(13-15)26(24,25)17-6-2-5-16(12-17)18(23)20-10-8-19(14-22)9-11-20/h2,5-6,12,14-15H,3-4,7-11,13H2,1H3. The molecule has 1 aromatic rings. The van der Waals surface area contributed by atoms with E-state index in [0.29, 0.717) is 50.7 Å². The van der Waals surface area contributed by atoms with Crippen LogP contribution in [0.15, 0.2) is 29.2 Å². The topological polar surface area (TPSA) is 78.0 Å². The lowest BCUT2D eigenvalue weighted by Crippen LogP contribution is -2.48. The molecule has 0 aliphatic carbocycles. The van der Waals surface area contributed by atoms with Gasteiger partial charge in [0.25, 0.3) is 5.91 Å². The molecule has 2 saturated heterocycles. The predicted octanol–water partition coefficient (Wildman–Crippen LogP) is 1.02. The van der Waals surface area contributed by atoms with Crippen LogP contribution in [0.1, 0.15) is 30.1 Å². The van der Waals surface area contributed by atoms with E-state index in [0.717, 1.165) is 19.3 Å². The quantitative estimate of drug-likeness (QED) is 0.732. The van der Waals surface area contributed by atoms with Gasteiger partial charge in [-0.05, 0) is 37.0 Å². The highest BCUT2D eigenvalue weighted by atomic mass is 32.2. The molecule has 2 heterocycles. The first-order chi connectivity index (χ1) is 12.4. The van der Waals surface area contributed by atoms with Crippen LogP contribution in [0.25, 0.3) is 0 Å². The van der Waals surface area contributed by atoms with E-state index in [4.69, 9.17) is 0 Å². The summed E-state index contributed by atoms with van der Waals surface area (Å²) in [5, 5.41) is 0. The van der Waals surface area contributed by atoms with Crippen LogP contribution in [0.4, 0.5) is 0 Å². The van der Waals surface area contributed by atoms with Gasteiger partial charge in [0.05, 0.1) is 4.90 Å². The lowest BCUT2D eigenvalue weighted by atomic mass is 10.0. The van der Waals surface area contributed by atoms with Gasteiger partial charge in [-0.3, -0.25) is 9.59 Å². The van der Waals surface area contributed by atoms with Crippen LogP contribution < -0.4 is 0 Å². The molecule has 0 radical (unpaired) electrons. The number of piperazine rings is 1. The molecule has 142 valence electrons. The van der Waals surface area contributed by atoms with Crippen molar-refractivity contribution in [2.45, 2.75) is 24.7 Å². The molecule has 1 atom stereocenters. The minimum absolute atomic E-state index is 0.170. The summed E-state index contributed by atoms with van der Waals surface area (Å²) in [5.74, 6) is 0.150. The third-order valence-electron chi connectivity index (χ3n) is 5.09. The SMILES string of the molecule is CC1CCCN(S(=O)(=O)c2cccc(C(=O)N3CCN(C=O)CC3)c2)C1. The lowest BCUT2D eigenvalue weighted by molar-refractivity contribution is -0.119. The van der Waals surface area contributed by atoms with Gasteiger partial charge in [0.1, 0.15) is 0 Å². The summed E-state index contributed by atoms with van der Waals surface area (Å²) in [6, 6.07) is 6.29. The number of benzene rings is 1. The number of piperidine rings is 1. The normalized spacial score (nSPS) is 22.3. The third-order valence-corrected chi connectivity index (χ3v) is 6.95. The Kier molecular flexibility index (Phi) is 5.62. The summed E-state index contributed by atoms with van der Waals surface area (Å²) < 4.78 is 27.4. The minimum atomic E-state index is -3.59. The molecule has 8 heteroatoms. The molecular weight excluding hydrogens is 354 g/mol. The van der Waals surface area contributed by atoms with Crippen molar-refractivity contribution in [3.8, 4) is 0 Å². The van der Waals surface area contributed by atoms with Crippen molar-refractivity contribution in [3.05, 3.63) is 29.8 Å². The van der Waals surface area contributed by atoms with Gasteiger partial charge in [-0.2, -0.15) is 4.31 Å². The fraction of sp³-hybridized carbons (Fsp3) is 0.556. The molecule has 1 unspecified atom stereocenters. The molecule has 0 bridgehead atoms. The highest BCUT2D eigenvalue weighted by Gasteiger charge is 2.29. The summed E-state index contributed by atoms with van der Waals surface area (Å²) >= 11 is 0. The van der Waals surface area contributed by atoms with E-state index in [-0.39, 0.29) is 10.8 Å². The smallest absolute Gasteiger partial charge is 0.254 e. The second-order valence-electron chi connectivity index (χ2n) is 7.07. The van der Waals surface area contributed by atoms with E-state index in [1.165, 1.54) is 10.4 Å². The summed E-state index contributed by atoms with van der Waals surface area (Å²) in [7, 11) is -3.59. The average Bonchev–Trinajstić information content (AvgIpc) is 2.67. The van der Waals surface area contributed by atoms with Gasteiger partial charge < -0.3 is 9.80 Å². The van der Waals surface area contributed by atoms with E-state index < -0.39 is 10.0 Å². The Labute approximate surface area is 154 Å². The fourth-order valence-electron chi connectivity index (χ4n) is 3.52. The molecular formula is C18H25N3O4S. The highest BCUT2D eigenvalue weighted by Crippen LogP contribution is 2.24. The number of nitrogens with zero attached hydrogens (tertiary/aromatic N) is 3. The second kappa shape index (κ2) is 7.75. The van der Waals surface area contributed by atoms with Crippen LogP contribution in [0.2, 0.25) is 0 Å². The molecule has 26 heavy (non-hydrogen) atoms. The molecule has 2 fully saturated rings. The Balaban J connectivity index is 1.77. The number of carbonyl (C=O) groups is 2. The zero-order valence-electron chi connectivity index (χ0n) is 15.0. The lowest BCUT2D eigenvalue weighted by Gasteiger charge is -2.33. The highest BCUT2D eigenvalue weighted by molar-refractivity contribution is 7.89. The maximum absolute atomic E-state index is 12.9. The Morgan fingerprint density at radius 2 is 1.88 bits per heavy atom. The average molecular weight is 379 g/mol. The van der Waals surface area contributed by atoms with Crippen LogP contribution in [0.5, 0.6) is 0 Å². The molecule has 1 aromatic carbocycles. The molecule has 0 saturated carbocycles. The first-order valence-corrected chi connectivity index (χ1v) is 10.4. The first kappa shape index (κ1) is 18.8. The van der Waals surface area contributed by atoms with E-state index in [1.807, 2.05) is 0 Å². The van der Waals surface area contributed by atoms with Crippen LogP contribution in [-0.2, 0) is 14.8 Å². The van der Waals surface area contributed by atoms with Crippen molar-refractivity contribution in [2.24, 2.45) is 5.92 Å². The minimum Gasteiger partial charge on any atom is -0.342 e. The molecule has 0 aromatic heterocycles. The Morgan fingerprint density at radius 3 is 2.54 bits per heavy atom. The molecule has 7 nitrogen and oxygen atoms in total. The third kappa shape index (κ3) is 3.91. The number of hydrogen-bond acceptors (Lipinski definition) is 4. The Bertz CT molecular complexity index is 772. The van der Waals surface area contributed by atoms with Crippen molar-refractivity contribution in [1.29, 1.82) is 0 Å². The van der Waals surface area contributed by atoms with Gasteiger partial charge in [-0.1, -0.05) is 13.0 Å². The number of amides is 2. The number of rotatable bonds is 4. The van der Waals surface area contributed by atoms with Crippen molar-refractivity contribution in [2.75, 3.05) is 39.3 Å². The van der Waals surface area contributed by atoms with Gasteiger partial charge in [0.15, 0.2) is 0 Å². The largest absolute Gasteiger partial charge is 0.342 e.